The molecule has 0 aliphatic heterocycles. The van der Waals surface area contributed by atoms with Crippen LogP contribution in [0, 0.1) is 6.92 Å². The molecule has 0 saturated heterocycles. The van der Waals surface area contributed by atoms with Crippen molar-refractivity contribution in [2.75, 3.05) is 17.1 Å². The number of amides is 1. The van der Waals surface area contributed by atoms with Gasteiger partial charge in [-0.05, 0) is 73.2 Å². The van der Waals surface area contributed by atoms with Crippen LogP contribution < -0.4 is 14.8 Å². The number of hydrogen-bond acceptors (Lipinski definition) is 4. The van der Waals surface area contributed by atoms with Crippen LogP contribution in [0.1, 0.15) is 15.9 Å². The second-order valence-corrected chi connectivity index (χ2v) is 8.39. The molecule has 0 bridgehead atoms. The summed E-state index contributed by atoms with van der Waals surface area (Å²) in [6.45, 7) is 1.78. The predicted molar refractivity (Wildman–Crippen MR) is 114 cm³/mol. The van der Waals surface area contributed by atoms with Crippen LogP contribution >= 0.6 is 11.6 Å². The summed E-state index contributed by atoms with van der Waals surface area (Å²) in [6.07, 6.45) is 0. The first-order valence-electron chi connectivity index (χ1n) is 8.63. The van der Waals surface area contributed by atoms with Crippen molar-refractivity contribution in [3.63, 3.8) is 0 Å². The Kier molecular flexibility index (Phi) is 6.10. The van der Waals surface area contributed by atoms with Gasteiger partial charge in [0.1, 0.15) is 5.75 Å². The third kappa shape index (κ3) is 5.07. The number of carbonyl (C=O) groups is 1. The van der Waals surface area contributed by atoms with Gasteiger partial charge in [-0.25, -0.2) is 8.42 Å². The van der Waals surface area contributed by atoms with Gasteiger partial charge < -0.3 is 10.1 Å². The smallest absolute Gasteiger partial charge is 0.261 e. The van der Waals surface area contributed by atoms with Crippen LogP contribution in [-0.2, 0) is 10.0 Å². The Bertz CT molecular complexity index is 1130. The lowest BCUT2D eigenvalue weighted by atomic mass is 10.2. The molecule has 3 aromatic carbocycles. The molecule has 0 unspecified atom stereocenters. The Balaban J connectivity index is 1.73. The molecule has 0 atom stereocenters. The number of aryl methyl sites for hydroxylation is 1. The fourth-order valence-electron chi connectivity index (χ4n) is 2.57. The summed E-state index contributed by atoms with van der Waals surface area (Å²) in [5.41, 5.74) is 2.10. The van der Waals surface area contributed by atoms with Gasteiger partial charge >= 0.3 is 0 Å². The third-order valence-corrected chi connectivity index (χ3v) is 5.84. The van der Waals surface area contributed by atoms with Gasteiger partial charge in [0.15, 0.2) is 0 Å². The molecule has 0 saturated carbocycles. The standard InChI is InChI=1S/C21H19ClN2O4S/c1-14-3-6-16(22)13-20(14)24-29(26,27)19-11-7-17(8-12-19)23-21(25)15-4-9-18(28-2)10-5-15/h3-13,24H,1-2H3,(H,23,25). The first-order valence-corrected chi connectivity index (χ1v) is 10.5. The van der Waals surface area contributed by atoms with Crippen molar-refractivity contribution in [1.29, 1.82) is 0 Å². The molecule has 0 fully saturated rings. The average molecular weight is 431 g/mol. The zero-order valence-electron chi connectivity index (χ0n) is 15.8. The number of carbonyl (C=O) groups excluding carboxylic acids is 1. The monoisotopic (exact) mass is 430 g/mol. The van der Waals surface area contributed by atoms with Gasteiger partial charge in [0, 0.05) is 16.3 Å². The SMILES string of the molecule is COc1ccc(C(=O)Nc2ccc(S(=O)(=O)Nc3cc(Cl)ccc3C)cc2)cc1. The summed E-state index contributed by atoms with van der Waals surface area (Å²) in [5, 5.41) is 3.16. The van der Waals surface area contributed by atoms with E-state index in [0.29, 0.717) is 27.7 Å². The highest BCUT2D eigenvalue weighted by molar-refractivity contribution is 7.92. The molecule has 150 valence electrons. The Morgan fingerprint density at radius 2 is 1.62 bits per heavy atom. The molecule has 6 nitrogen and oxygen atoms in total. The number of sulfonamides is 1. The summed E-state index contributed by atoms with van der Waals surface area (Å²) >= 11 is 5.95. The van der Waals surface area contributed by atoms with E-state index in [1.807, 2.05) is 0 Å². The van der Waals surface area contributed by atoms with Crippen LogP contribution in [0.25, 0.3) is 0 Å². The van der Waals surface area contributed by atoms with E-state index in [1.54, 1.807) is 56.5 Å². The van der Waals surface area contributed by atoms with Gasteiger partial charge in [0.25, 0.3) is 15.9 Å². The minimum atomic E-state index is -3.79. The summed E-state index contributed by atoms with van der Waals surface area (Å²) in [7, 11) is -2.24. The van der Waals surface area contributed by atoms with Crippen LogP contribution in [0.3, 0.4) is 0 Å². The van der Waals surface area contributed by atoms with Crippen LogP contribution in [0.5, 0.6) is 5.75 Å². The first-order chi connectivity index (χ1) is 13.8. The molecule has 0 heterocycles. The van der Waals surface area contributed by atoms with Crippen molar-refractivity contribution in [1.82, 2.24) is 0 Å². The van der Waals surface area contributed by atoms with Crippen molar-refractivity contribution in [3.8, 4) is 5.75 Å². The lowest BCUT2D eigenvalue weighted by Crippen LogP contribution is -2.14. The predicted octanol–water partition coefficient (Wildman–Crippen LogP) is 4.71. The van der Waals surface area contributed by atoms with Crippen LogP contribution in [0.15, 0.2) is 71.6 Å². The van der Waals surface area contributed by atoms with Crippen LogP contribution in [0.2, 0.25) is 5.02 Å². The zero-order valence-corrected chi connectivity index (χ0v) is 17.3. The number of halogens is 1. The summed E-state index contributed by atoms with van der Waals surface area (Å²) in [6, 6.07) is 17.5. The molecule has 29 heavy (non-hydrogen) atoms. The molecule has 0 aliphatic rings. The quantitative estimate of drug-likeness (QED) is 0.593. The highest BCUT2D eigenvalue weighted by Gasteiger charge is 2.16. The second kappa shape index (κ2) is 8.55. The zero-order chi connectivity index (χ0) is 21.0. The lowest BCUT2D eigenvalue weighted by Gasteiger charge is -2.12. The van der Waals surface area contributed by atoms with E-state index in [4.69, 9.17) is 16.3 Å². The van der Waals surface area contributed by atoms with Crippen molar-refractivity contribution in [2.24, 2.45) is 0 Å². The van der Waals surface area contributed by atoms with E-state index in [9.17, 15) is 13.2 Å². The van der Waals surface area contributed by atoms with E-state index in [2.05, 4.69) is 10.0 Å². The maximum absolute atomic E-state index is 12.6. The Labute approximate surface area is 174 Å². The lowest BCUT2D eigenvalue weighted by molar-refractivity contribution is 0.102. The van der Waals surface area contributed by atoms with Gasteiger partial charge in [-0.3, -0.25) is 9.52 Å². The highest BCUT2D eigenvalue weighted by atomic mass is 35.5. The minimum absolute atomic E-state index is 0.0688. The Morgan fingerprint density at radius 3 is 2.24 bits per heavy atom. The summed E-state index contributed by atoms with van der Waals surface area (Å²) in [5.74, 6) is 0.342. The number of methoxy groups -OCH3 is 1. The number of hydrogen-bond donors (Lipinski definition) is 2. The fraction of sp³-hybridized carbons (Fsp3) is 0.0952. The van der Waals surface area contributed by atoms with E-state index >= 15 is 0 Å². The maximum atomic E-state index is 12.6. The normalized spacial score (nSPS) is 11.0. The molecule has 2 N–H and O–H groups in total. The number of nitrogens with one attached hydrogen (secondary N) is 2. The third-order valence-electron chi connectivity index (χ3n) is 4.22. The Morgan fingerprint density at radius 1 is 0.966 bits per heavy atom. The molecule has 3 aromatic rings. The number of rotatable bonds is 6. The topological polar surface area (TPSA) is 84.5 Å². The summed E-state index contributed by atoms with van der Waals surface area (Å²) in [4.78, 5) is 12.4. The van der Waals surface area contributed by atoms with Crippen molar-refractivity contribution < 1.29 is 17.9 Å². The largest absolute Gasteiger partial charge is 0.497 e. The summed E-state index contributed by atoms with van der Waals surface area (Å²) < 4.78 is 32.9. The van der Waals surface area contributed by atoms with Crippen molar-refractivity contribution in [3.05, 3.63) is 82.9 Å². The van der Waals surface area contributed by atoms with E-state index in [0.717, 1.165) is 5.56 Å². The van der Waals surface area contributed by atoms with Gasteiger partial charge in [-0.15, -0.1) is 0 Å². The van der Waals surface area contributed by atoms with Gasteiger partial charge in [0.05, 0.1) is 17.7 Å². The first kappa shape index (κ1) is 20.7. The molecular formula is C21H19ClN2O4S. The van der Waals surface area contributed by atoms with Crippen molar-refractivity contribution >= 4 is 38.9 Å². The Hall–Kier alpha value is -3.03. The second-order valence-electron chi connectivity index (χ2n) is 6.27. The molecule has 8 heteroatoms. The average Bonchev–Trinajstić information content (AvgIpc) is 2.71. The molecular weight excluding hydrogens is 412 g/mol. The van der Waals surface area contributed by atoms with Crippen molar-refractivity contribution in [2.45, 2.75) is 11.8 Å². The molecule has 0 spiro atoms. The molecule has 0 aliphatic carbocycles. The molecule has 1 amide bonds. The number of benzene rings is 3. The molecule has 0 radical (unpaired) electrons. The number of anilines is 2. The van der Waals surface area contributed by atoms with E-state index in [1.165, 1.54) is 24.3 Å². The van der Waals surface area contributed by atoms with E-state index < -0.39 is 10.0 Å². The van der Waals surface area contributed by atoms with Crippen LogP contribution in [0.4, 0.5) is 11.4 Å². The van der Waals surface area contributed by atoms with E-state index in [-0.39, 0.29) is 10.8 Å². The number of ether oxygens (including phenoxy) is 1. The highest BCUT2D eigenvalue weighted by Crippen LogP contribution is 2.24. The molecule has 3 rings (SSSR count). The minimum Gasteiger partial charge on any atom is -0.497 e. The van der Waals surface area contributed by atoms with Gasteiger partial charge in [-0.2, -0.15) is 0 Å². The van der Waals surface area contributed by atoms with Gasteiger partial charge in [0.2, 0.25) is 0 Å². The molecule has 0 aromatic heterocycles. The maximum Gasteiger partial charge on any atom is 0.261 e. The van der Waals surface area contributed by atoms with Gasteiger partial charge in [-0.1, -0.05) is 17.7 Å². The van der Waals surface area contributed by atoms with Crippen LogP contribution in [-0.4, -0.2) is 21.4 Å². The fourth-order valence-corrected chi connectivity index (χ4v) is 3.86.